The van der Waals surface area contributed by atoms with Gasteiger partial charge in [0.2, 0.25) is 0 Å². The Balaban J connectivity index is 1.78. The molecule has 0 aromatic heterocycles. The second-order valence-corrected chi connectivity index (χ2v) is 5.66. The van der Waals surface area contributed by atoms with Gasteiger partial charge < -0.3 is 10.5 Å². The molecule has 2 N–H and O–H groups in total. The van der Waals surface area contributed by atoms with Crippen molar-refractivity contribution in [2.75, 3.05) is 6.61 Å². The van der Waals surface area contributed by atoms with Crippen molar-refractivity contribution in [3.05, 3.63) is 71.5 Å². The van der Waals surface area contributed by atoms with E-state index in [4.69, 9.17) is 10.5 Å². The van der Waals surface area contributed by atoms with Gasteiger partial charge in [-0.25, -0.2) is 14.1 Å². The Morgan fingerprint density at radius 2 is 1.88 bits per heavy atom. The molecule has 1 aliphatic rings. The largest absolute Gasteiger partial charge is 0.447 e. The van der Waals surface area contributed by atoms with E-state index in [1.165, 1.54) is 24.3 Å². The first-order chi connectivity index (χ1) is 11.6. The minimum Gasteiger partial charge on any atom is -0.447 e. The number of nitrogens with zero attached hydrogens (tertiary/aromatic N) is 1. The smallest absolute Gasteiger partial charge is 0.417 e. The quantitative estimate of drug-likeness (QED) is 0.935. The van der Waals surface area contributed by atoms with Crippen molar-refractivity contribution in [3.63, 3.8) is 0 Å². The van der Waals surface area contributed by atoms with E-state index in [0.29, 0.717) is 12.0 Å². The van der Waals surface area contributed by atoms with Crippen LogP contribution in [0.1, 0.15) is 17.2 Å². The highest BCUT2D eigenvalue weighted by atomic mass is 19.1. The summed E-state index contributed by atoms with van der Waals surface area (Å²) in [7, 11) is 0. The Morgan fingerprint density at radius 1 is 1.21 bits per heavy atom. The molecule has 0 bridgehead atoms. The number of carbonyl (C=O) groups excluding carboxylic acids is 2. The van der Waals surface area contributed by atoms with Crippen molar-refractivity contribution in [1.82, 2.24) is 4.90 Å². The molecule has 1 heterocycles. The molecule has 0 aliphatic carbocycles. The molecule has 24 heavy (non-hydrogen) atoms. The molecular weight excluding hydrogens is 311 g/mol. The molecule has 0 spiro atoms. The summed E-state index contributed by atoms with van der Waals surface area (Å²) in [4.78, 5) is 25.7. The van der Waals surface area contributed by atoms with Crippen LogP contribution < -0.4 is 5.73 Å². The van der Waals surface area contributed by atoms with Crippen LogP contribution in [0.4, 0.5) is 9.18 Å². The van der Waals surface area contributed by atoms with Gasteiger partial charge in [-0.15, -0.1) is 0 Å². The van der Waals surface area contributed by atoms with Gasteiger partial charge in [0.25, 0.3) is 5.91 Å². The van der Waals surface area contributed by atoms with Crippen molar-refractivity contribution >= 4 is 12.0 Å². The van der Waals surface area contributed by atoms with E-state index in [0.717, 1.165) is 10.5 Å². The molecule has 0 radical (unpaired) electrons. The average molecular weight is 328 g/mol. The topological polar surface area (TPSA) is 72.6 Å². The number of carbonyl (C=O) groups is 2. The second kappa shape index (κ2) is 6.80. The summed E-state index contributed by atoms with van der Waals surface area (Å²) in [5.74, 6) is -0.967. The van der Waals surface area contributed by atoms with Crippen LogP contribution in [0.5, 0.6) is 0 Å². The summed E-state index contributed by atoms with van der Waals surface area (Å²) in [6.07, 6.45) is -0.201. The fourth-order valence-electron chi connectivity index (χ4n) is 2.73. The van der Waals surface area contributed by atoms with Crippen molar-refractivity contribution in [1.29, 1.82) is 0 Å². The summed E-state index contributed by atoms with van der Waals surface area (Å²) in [6.45, 7) is 0.135. The first-order valence-electron chi connectivity index (χ1n) is 7.61. The standard InChI is InChI=1S/C18H17FN2O3/c19-14-8-6-13(7-9-14)16(20)17(22)21-15(11-24-18(21)23)10-12-4-2-1-3-5-12/h1-9,15-16H,10-11,20H2/t15-,16?/m0/s1. The van der Waals surface area contributed by atoms with Gasteiger partial charge >= 0.3 is 6.09 Å². The van der Waals surface area contributed by atoms with Gasteiger partial charge in [0, 0.05) is 0 Å². The maximum Gasteiger partial charge on any atom is 0.417 e. The van der Waals surface area contributed by atoms with Crippen molar-refractivity contribution in [2.45, 2.75) is 18.5 Å². The Morgan fingerprint density at radius 3 is 2.54 bits per heavy atom. The lowest BCUT2D eigenvalue weighted by Gasteiger charge is -2.23. The van der Waals surface area contributed by atoms with Crippen LogP contribution in [0.25, 0.3) is 0 Å². The molecule has 2 atom stereocenters. The highest BCUT2D eigenvalue weighted by Gasteiger charge is 2.40. The first-order valence-corrected chi connectivity index (χ1v) is 7.61. The summed E-state index contributed by atoms with van der Waals surface area (Å²) in [5, 5.41) is 0. The number of benzene rings is 2. The predicted molar refractivity (Wildman–Crippen MR) is 85.5 cm³/mol. The zero-order valence-corrected chi connectivity index (χ0v) is 12.9. The molecule has 0 saturated carbocycles. The van der Waals surface area contributed by atoms with Crippen molar-refractivity contribution < 1.29 is 18.7 Å². The van der Waals surface area contributed by atoms with Crippen molar-refractivity contribution in [3.8, 4) is 0 Å². The van der Waals surface area contributed by atoms with Gasteiger partial charge in [0.15, 0.2) is 0 Å². The van der Waals surface area contributed by atoms with Crippen LogP contribution >= 0.6 is 0 Å². The zero-order valence-electron chi connectivity index (χ0n) is 12.9. The van der Waals surface area contributed by atoms with Crippen LogP contribution in [0.3, 0.4) is 0 Å². The maximum atomic E-state index is 13.0. The lowest BCUT2D eigenvalue weighted by atomic mass is 10.0. The molecule has 2 aromatic rings. The Hall–Kier alpha value is -2.73. The van der Waals surface area contributed by atoms with Crippen LogP contribution in [0, 0.1) is 5.82 Å². The molecule has 2 amide bonds. The van der Waals surface area contributed by atoms with Gasteiger partial charge in [0.05, 0.1) is 6.04 Å². The monoisotopic (exact) mass is 328 g/mol. The summed E-state index contributed by atoms with van der Waals surface area (Å²) < 4.78 is 18.0. The minimum atomic E-state index is -1.05. The van der Waals surface area contributed by atoms with Gasteiger partial charge in [0.1, 0.15) is 18.5 Å². The molecule has 1 aliphatic heterocycles. The van der Waals surface area contributed by atoms with Gasteiger partial charge in [-0.1, -0.05) is 42.5 Å². The number of amides is 2. The van der Waals surface area contributed by atoms with Crippen LogP contribution in [0.15, 0.2) is 54.6 Å². The molecule has 1 fully saturated rings. The molecule has 124 valence electrons. The lowest BCUT2D eigenvalue weighted by Crippen LogP contribution is -2.45. The normalized spacial score (nSPS) is 18.3. The van der Waals surface area contributed by atoms with Gasteiger partial charge in [-0.05, 0) is 29.7 Å². The highest BCUT2D eigenvalue weighted by Crippen LogP contribution is 2.22. The third kappa shape index (κ3) is 3.28. The Bertz CT molecular complexity index is 734. The molecular formula is C18H17FN2O3. The van der Waals surface area contributed by atoms with Crippen LogP contribution in [-0.2, 0) is 16.0 Å². The third-order valence-corrected chi connectivity index (χ3v) is 4.01. The second-order valence-electron chi connectivity index (χ2n) is 5.66. The average Bonchev–Trinajstić information content (AvgIpc) is 2.95. The SMILES string of the molecule is NC(C(=O)N1C(=O)OC[C@@H]1Cc1ccccc1)c1ccc(F)cc1. The predicted octanol–water partition coefficient (Wildman–Crippen LogP) is 2.42. The highest BCUT2D eigenvalue weighted by molar-refractivity contribution is 5.96. The minimum absolute atomic E-state index is 0.135. The fourth-order valence-corrected chi connectivity index (χ4v) is 2.73. The number of nitrogens with two attached hydrogens (primary N) is 1. The van der Waals surface area contributed by atoms with E-state index >= 15 is 0 Å². The molecule has 6 heteroatoms. The molecule has 2 aromatic carbocycles. The van der Waals surface area contributed by atoms with E-state index in [1.807, 2.05) is 30.3 Å². The summed E-state index contributed by atoms with van der Waals surface area (Å²) in [5.41, 5.74) is 7.40. The van der Waals surface area contributed by atoms with E-state index in [1.54, 1.807) is 0 Å². The molecule has 1 saturated heterocycles. The van der Waals surface area contributed by atoms with Gasteiger partial charge in [-0.2, -0.15) is 0 Å². The van der Waals surface area contributed by atoms with Crippen LogP contribution in [-0.4, -0.2) is 29.5 Å². The number of hydrogen-bond acceptors (Lipinski definition) is 4. The fraction of sp³-hybridized carbons (Fsp3) is 0.222. The number of hydrogen-bond donors (Lipinski definition) is 1. The number of cyclic esters (lactones) is 1. The number of imide groups is 1. The van der Waals surface area contributed by atoms with Crippen molar-refractivity contribution in [2.24, 2.45) is 5.73 Å². The van der Waals surface area contributed by atoms with E-state index < -0.39 is 29.9 Å². The van der Waals surface area contributed by atoms with E-state index in [9.17, 15) is 14.0 Å². The third-order valence-electron chi connectivity index (χ3n) is 4.01. The number of halogens is 1. The Kier molecular flexibility index (Phi) is 4.57. The van der Waals surface area contributed by atoms with E-state index in [-0.39, 0.29) is 6.61 Å². The molecule has 3 rings (SSSR count). The summed E-state index contributed by atoms with van der Waals surface area (Å²) >= 11 is 0. The van der Waals surface area contributed by atoms with E-state index in [2.05, 4.69) is 0 Å². The molecule has 5 nitrogen and oxygen atoms in total. The maximum absolute atomic E-state index is 13.0. The number of ether oxygens (including phenoxy) is 1. The lowest BCUT2D eigenvalue weighted by molar-refractivity contribution is -0.130. The Labute approximate surface area is 138 Å². The zero-order chi connectivity index (χ0) is 17.1. The summed E-state index contributed by atoms with van der Waals surface area (Å²) in [6, 6.07) is 13.4. The first kappa shape index (κ1) is 16.1. The number of rotatable bonds is 4. The molecule has 1 unspecified atom stereocenters. The van der Waals surface area contributed by atoms with Gasteiger partial charge in [-0.3, -0.25) is 4.79 Å². The van der Waals surface area contributed by atoms with Crippen LogP contribution in [0.2, 0.25) is 0 Å².